The largest absolute Gasteiger partial charge is 0.314 e. The first-order valence-electron chi connectivity index (χ1n) is 7.57. The van der Waals surface area contributed by atoms with Gasteiger partial charge in [0.2, 0.25) is 0 Å². The highest BCUT2D eigenvalue weighted by Crippen LogP contribution is 2.31. The fourth-order valence-electron chi connectivity index (χ4n) is 3.02. The van der Waals surface area contributed by atoms with Gasteiger partial charge in [0.15, 0.2) is 0 Å². The van der Waals surface area contributed by atoms with Gasteiger partial charge in [0.25, 0.3) is 0 Å². The summed E-state index contributed by atoms with van der Waals surface area (Å²) in [5.74, 6) is 2.10. The lowest BCUT2D eigenvalue weighted by atomic mass is 10.0. The van der Waals surface area contributed by atoms with Crippen molar-refractivity contribution < 1.29 is 0 Å². The Labute approximate surface area is 121 Å². The second-order valence-corrected chi connectivity index (χ2v) is 6.75. The SMILES string of the molecule is CCCNC1CCCC1CCSc1cc(C)nn1C. The Morgan fingerprint density at radius 3 is 3.00 bits per heavy atom. The number of thioether (sulfide) groups is 1. The van der Waals surface area contributed by atoms with Gasteiger partial charge in [-0.25, -0.2) is 0 Å². The van der Waals surface area contributed by atoms with Gasteiger partial charge in [-0.1, -0.05) is 13.3 Å². The highest BCUT2D eigenvalue weighted by atomic mass is 32.2. The van der Waals surface area contributed by atoms with Crippen LogP contribution in [0.3, 0.4) is 0 Å². The Balaban J connectivity index is 1.74. The lowest BCUT2D eigenvalue weighted by Crippen LogP contribution is -2.33. The highest BCUT2D eigenvalue weighted by Gasteiger charge is 2.26. The fraction of sp³-hybridized carbons (Fsp3) is 0.800. The summed E-state index contributed by atoms with van der Waals surface area (Å²) in [6.07, 6.45) is 6.76. The van der Waals surface area contributed by atoms with E-state index in [-0.39, 0.29) is 0 Å². The van der Waals surface area contributed by atoms with Crippen LogP contribution in [0, 0.1) is 12.8 Å². The molecule has 0 spiro atoms. The van der Waals surface area contributed by atoms with Crippen LogP contribution in [0.5, 0.6) is 0 Å². The van der Waals surface area contributed by atoms with E-state index in [1.165, 1.54) is 49.4 Å². The molecule has 1 aromatic heterocycles. The maximum atomic E-state index is 4.40. The smallest absolute Gasteiger partial charge is 0.0939 e. The maximum absolute atomic E-state index is 4.40. The summed E-state index contributed by atoms with van der Waals surface area (Å²) < 4.78 is 2.00. The Bertz CT molecular complexity index is 389. The molecule has 0 amide bonds. The van der Waals surface area contributed by atoms with Crippen molar-refractivity contribution in [3.8, 4) is 0 Å². The summed E-state index contributed by atoms with van der Waals surface area (Å²) in [7, 11) is 2.04. The summed E-state index contributed by atoms with van der Waals surface area (Å²) >= 11 is 1.95. The van der Waals surface area contributed by atoms with Crippen molar-refractivity contribution in [1.82, 2.24) is 15.1 Å². The minimum Gasteiger partial charge on any atom is -0.314 e. The van der Waals surface area contributed by atoms with Crippen molar-refractivity contribution in [3.05, 3.63) is 11.8 Å². The van der Waals surface area contributed by atoms with Crippen molar-refractivity contribution >= 4 is 11.8 Å². The lowest BCUT2D eigenvalue weighted by Gasteiger charge is -2.20. The third kappa shape index (κ3) is 4.25. The third-order valence-electron chi connectivity index (χ3n) is 4.01. The minimum absolute atomic E-state index is 0.772. The summed E-state index contributed by atoms with van der Waals surface area (Å²) in [5, 5.41) is 9.42. The Morgan fingerprint density at radius 2 is 2.32 bits per heavy atom. The van der Waals surface area contributed by atoms with Crippen LogP contribution in [0.4, 0.5) is 0 Å². The summed E-state index contributed by atoms with van der Waals surface area (Å²) in [4.78, 5) is 0. The zero-order valence-electron chi connectivity index (χ0n) is 12.5. The Morgan fingerprint density at radius 1 is 1.47 bits per heavy atom. The number of nitrogens with one attached hydrogen (secondary N) is 1. The summed E-state index contributed by atoms with van der Waals surface area (Å²) in [6, 6.07) is 2.96. The molecule has 1 fully saturated rings. The number of aromatic nitrogens is 2. The summed E-state index contributed by atoms with van der Waals surface area (Å²) in [6.45, 7) is 5.48. The molecule has 2 unspecified atom stereocenters. The van der Waals surface area contributed by atoms with Crippen molar-refractivity contribution in [2.24, 2.45) is 13.0 Å². The predicted molar refractivity (Wildman–Crippen MR) is 82.7 cm³/mol. The maximum Gasteiger partial charge on any atom is 0.0939 e. The van der Waals surface area contributed by atoms with E-state index in [0.29, 0.717) is 0 Å². The van der Waals surface area contributed by atoms with Crippen molar-refractivity contribution in [2.45, 2.75) is 57.0 Å². The van der Waals surface area contributed by atoms with Gasteiger partial charge in [0, 0.05) is 13.1 Å². The molecule has 1 saturated carbocycles. The molecule has 108 valence electrons. The average Bonchev–Trinajstić information content (AvgIpc) is 2.94. The van der Waals surface area contributed by atoms with Gasteiger partial charge in [-0.2, -0.15) is 5.10 Å². The molecule has 0 saturated heterocycles. The van der Waals surface area contributed by atoms with Crippen LogP contribution in [0.15, 0.2) is 11.1 Å². The normalized spacial score (nSPS) is 23.1. The molecule has 1 aliphatic rings. The van der Waals surface area contributed by atoms with E-state index in [9.17, 15) is 0 Å². The third-order valence-corrected chi connectivity index (χ3v) is 5.13. The molecular formula is C15H27N3S. The number of aryl methyl sites for hydroxylation is 2. The number of hydrogen-bond donors (Lipinski definition) is 1. The van der Waals surface area contributed by atoms with E-state index in [2.05, 4.69) is 30.3 Å². The standard InChI is InChI=1S/C15H27N3S/c1-4-9-16-14-7-5-6-13(14)8-10-19-15-11-12(2)17-18(15)3/h11,13-14,16H,4-10H2,1-3H3. The molecule has 0 aliphatic heterocycles. The molecule has 3 nitrogen and oxygen atoms in total. The quantitative estimate of drug-likeness (QED) is 0.777. The van der Waals surface area contributed by atoms with Gasteiger partial charge < -0.3 is 5.32 Å². The Hall–Kier alpha value is -0.480. The number of hydrogen-bond acceptors (Lipinski definition) is 3. The van der Waals surface area contributed by atoms with Crippen LogP contribution in [-0.2, 0) is 7.05 Å². The fourth-order valence-corrected chi connectivity index (χ4v) is 4.13. The molecule has 0 aromatic carbocycles. The second kappa shape index (κ2) is 7.34. The molecule has 1 N–H and O–H groups in total. The molecular weight excluding hydrogens is 254 g/mol. The van der Waals surface area contributed by atoms with Crippen molar-refractivity contribution in [1.29, 1.82) is 0 Å². The van der Waals surface area contributed by atoms with Crippen molar-refractivity contribution in [3.63, 3.8) is 0 Å². The van der Waals surface area contributed by atoms with Gasteiger partial charge >= 0.3 is 0 Å². The first kappa shape index (κ1) is 14.9. The first-order valence-corrected chi connectivity index (χ1v) is 8.56. The number of rotatable bonds is 7. The van der Waals surface area contributed by atoms with Gasteiger partial charge in [0.05, 0.1) is 10.7 Å². The van der Waals surface area contributed by atoms with Gasteiger partial charge in [-0.3, -0.25) is 4.68 Å². The van der Waals surface area contributed by atoms with E-state index >= 15 is 0 Å². The van der Waals surface area contributed by atoms with Crippen LogP contribution >= 0.6 is 11.8 Å². The van der Waals surface area contributed by atoms with Crippen LogP contribution in [0.25, 0.3) is 0 Å². The van der Waals surface area contributed by atoms with Crippen LogP contribution in [-0.4, -0.2) is 28.1 Å². The molecule has 2 atom stereocenters. The molecule has 1 aromatic rings. The molecule has 4 heteroatoms. The molecule has 1 heterocycles. The lowest BCUT2D eigenvalue weighted by molar-refractivity contribution is 0.393. The van der Waals surface area contributed by atoms with E-state index in [0.717, 1.165) is 17.7 Å². The van der Waals surface area contributed by atoms with Crippen molar-refractivity contribution in [2.75, 3.05) is 12.3 Å². The van der Waals surface area contributed by atoms with Crippen LogP contribution in [0.1, 0.15) is 44.7 Å². The zero-order valence-corrected chi connectivity index (χ0v) is 13.3. The van der Waals surface area contributed by atoms with E-state index < -0.39 is 0 Å². The van der Waals surface area contributed by atoms with E-state index in [1.807, 2.05) is 23.5 Å². The molecule has 2 rings (SSSR count). The van der Waals surface area contributed by atoms with Gasteiger partial charge in [0.1, 0.15) is 0 Å². The highest BCUT2D eigenvalue weighted by molar-refractivity contribution is 7.99. The minimum atomic E-state index is 0.772. The monoisotopic (exact) mass is 281 g/mol. The van der Waals surface area contributed by atoms with Gasteiger partial charge in [-0.15, -0.1) is 11.8 Å². The van der Waals surface area contributed by atoms with Crippen LogP contribution < -0.4 is 5.32 Å². The predicted octanol–water partition coefficient (Wildman–Crippen LogP) is 3.38. The molecule has 0 bridgehead atoms. The van der Waals surface area contributed by atoms with E-state index in [1.54, 1.807) is 0 Å². The Kier molecular flexibility index (Phi) is 5.76. The number of nitrogens with zero attached hydrogens (tertiary/aromatic N) is 2. The second-order valence-electron chi connectivity index (χ2n) is 5.64. The molecule has 19 heavy (non-hydrogen) atoms. The zero-order chi connectivity index (χ0) is 13.7. The average molecular weight is 281 g/mol. The van der Waals surface area contributed by atoms with E-state index in [4.69, 9.17) is 0 Å². The summed E-state index contributed by atoms with van der Waals surface area (Å²) in [5.41, 5.74) is 1.12. The molecule has 1 aliphatic carbocycles. The van der Waals surface area contributed by atoms with Crippen LogP contribution in [0.2, 0.25) is 0 Å². The molecule has 0 radical (unpaired) electrons. The van der Waals surface area contributed by atoms with Gasteiger partial charge in [-0.05, 0) is 56.9 Å². The first-order chi connectivity index (χ1) is 9.20. The topological polar surface area (TPSA) is 29.9 Å².